The summed E-state index contributed by atoms with van der Waals surface area (Å²) in [6.45, 7) is 1.58. The minimum Gasteiger partial charge on any atom is -0.349 e. The molecule has 2 unspecified atom stereocenters. The first-order valence-electron chi connectivity index (χ1n) is 8.81. The van der Waals surface area contributed by atoms with Crippen molar-refractivity contribution in [1.82, 2.24) is 15.3 Å². The Morgan fingerprint density at radius 2 is 2.08 bits per heavy atom. The number of anilines is 1. The zero-order valence-corrected chi connectivity index (χ0v) is 14.7. The van der Waals surface area contributed by atoms with Crippen molar-refractivity contribution in [3.63, 3.8) is 0 Å². The van der Waals surface area contributed by atoms with Crippen molar-refractivity contribution >= 4 is 23.5 Å². The molecule has 2 atom stereocenters. The summed E-state index contributed by atoms with van der Waals surface area (Å²) in [7, 11) is 0. The number of carbonyl (C=O) groups is 1. The van der Waals surface area contributed by atoms with Crippen molar-refractivity contribution in [2.45, 2.75) is 31.7 Å². The number of rotatable bonds is 3. The van der Waals surface area contributed by atoms with Crippen LogP contribution in [-0.4, -0.2) is 29.0 Å². The number of amides is 1. The smallest absolute Gasteiger partial charge is 0.225 e. The number of nitrogens with one attached hydrogen (secondary N) is 1. The summed E-state index contributed by atoms with van der Waals surface area (Å²) in [6.07, 6.45) is 7.29. The van der Waals surface area contributed by atoms with Crippen LogP contribution in [-0.2, 0) is 11.2 Å². The van der Waals surface area contributed by atoms with Gasteiger partial charge >= 0.3 is 0 Å². The summed E-state index contributed by atoms with van der Waals surface area (Å²) in [5.41, 5.74) is 2.46. The van der Waals surface area contributed by atoms with E-state index >= 15 is 0 Å². The van der Waals surface area contributed by atoms with Gasteiger partial charge in [-0.25, -0.2) is 9.97 Å². The number of benzene rings is 1. The average molecular weight is 357 g/mol. The highest BCUT2D eigenvalue weighted by molar-refractivity contribution is 6.30. The van der Waals surface area contributed by atoms with Crippen LogP contribution in [0.2, 0.25) is 5.02 Å². The molecule has 1 fully saturated rings. The Morgan fingerprint density at radius 1 is 1.24 bits per heavy atom. The zero-order valence-electron chi connectivity index (χ0n) is 14.0. The molecule has 2 aromatic rings. The maximum absolute atomic E-state index is 12.8. The van der Waals surface area contributed by atoms with Crippen LogP contribution in [0.15, 0.2) is 36.7 Å². The third-order valence-electron chi connectivity index (χ3n) is 5.13. The highest BCUT2D eigenvalue weighted by Crippen LogP contribution is 2.33. The molecule has 0 spiro atoms. The zero-order chi connectivity index (χ0) is 17.2. The van der Waals surface area contributed by atoms with Gasteiger partial charge in [0.15, 0.2) is 0 Å². The van der Waals surface area contributed by atoms with E-state index in [2.05, 4.69) is 20.2 Å². The predicted molar refractivity (Wildman–Crippen MR) is 97.6 cm³/mol. The maximum atomic E-state index is 12.8. The lowest BCUT2D eigenvalue weighted by Crippen LogP contribution is -2.44. The van der Waals surface area contributed by atoms with E-state index in [1.54, 1.807) is 18.5 Å². The molecule has 130 valence electrons. The molecule has 25 heavy (non-hydrogen) atoms. The molecule has 1 aromatic heterocycles. The van der Waals surface area contributed by atoms with Gasteiger partial charge in [-0.2, -0.15) is 0 Å². The van der Waals surface area contributed by atoms with E-state index in [9.17, 15) is 4.79 Å². The molecule has 1 aliphatic heterocycles. The highest BCUT2D eigenvalue weighted by Gasteiger charge is 2.30. The van der Waals surface area contributed by atoms with E-state index in [4.69, 9.17) is 11.6 Å². The first-order chi connectivity index (χ1) is 12.2. The van der Waals surface area contributed by atoms with Gasteiger partial charge in [-0.1, -0.05) is 17.7 Å². The number of hydrogen-bond acceptors (Lipinski definition) is 4. The lowest BCUT2D eigenvalue weighted by Gasteiger charge is -2.32. The largest absolute Gasteiger partial charge is 0.349 e. The number of carbonyl (C=O) groups excluding carboxylic acids is 1. The average Bonchev–Trinajstić information content (AvgIpc) is 3.04. The third-order valence-corrected chi connectivity index (χ3v) is 5.36. The van der Waals surface area contributed by atoms with Gasteiger partial charge in [-0.05, 0) is 55.0 Å². The van der Waals surface area contributed by atoms with E-state index in [1.165, 1.54) is 11.1 Å². The van der Waals surface area contributed by atoms with E-state index in [-0.39, 0.29) is 17.9 Å². The van der Waals surface area contributed by atoms with Crippen LogP contribution >= 0.6 is 11.6 Å². The van der Waals surface area contributed by atoms with Crippen LogP contribution in [0.25, 0.3) is 0 Å². The Hall–Kier alpha value is -2.14. The molecular weight excluding hydrogens is 336 g/mol. The monoisotopic (exact) mass is 356 g/mol. The second-order valence-corrected chi connectivity index (χ2v) is 7.21. The van der Waals surface area contributed by atoms with Gasteiger partial charge in [0.1, 0.15) is 0 Å². The fourth-order valence-corrected chi connectivity index (χ4v) is 4.05. The van der Waals surface area contributed by atoms with Crippen LogP contribution in [0.5, 0.6) is 0 Å². The number of aromatic nitrogens is 2. The first kappa shape index (κ1) is 16.3. The molecule has 4 rings (SSSR count). The molecular formula is C19H21ClN4O. The Balaban J connectivity index is 1.42. The molecule has 0 radical (unpaired) electrons. The van der Waals surface area contributed by atoms with Crippen molar-refractivity contribution in [2.24, 2.45) is 5.92 Å². The van der Waals surface area contributed by atoms with E-state index < -0.39 is 0 Å². The summed E-state index contributed by atoms with van der Waals surface area (Å²) < 4.78 is 0. The fraction of sp³-hybridized carbons (Fsp3) is 0.421. The van der Waals surface area contributed by atoms with Gasteiger partial charge in [-0.3, -0.25) is 4.79 Å². The molecule has 2 aliphatic rings. The highest BCUT2D eigenvalue weighted by atomic mass is 35.5. The molecule has 1 amide bonds. The molecule has 0 saturated carbocycles. The van der Waals surface area contributed by atoms with Crippen LogP contribution in [0.1, 0.15) is 36.4 Å². The standard InChI is InChI=1S/C19H21ClN4O/c20-15-5-6-16-13(11-15)4-7-17(16)23-18(25)14-3-1-10-24(12-14)19-21-8-2-9-22-19/h2,5-6,8-9,11,14,17H,1,3-4,7,10,12H2,(H,23,25). The van der Waals surface area contributed by atoms with Gasteiger partial charge in [0.25, 0.3) is 0 Å². The Kier molecular flexibility index (Phi) is 4.57. The van der Waals surface area contributed by atoms with Crippen LogP contribution < -0.4 is 10.2 Å². The number of aryl methyl sites for hydroxylation is 1. The van der Waals surface area contributed by atoms with E-state index in [0.29, 0.717) is 12.5 Å². The topological polar surface area (TPSA) is 58.1 Å². The van der Waals surface area contributed by atoms with Gasteiger partial charge in [0, 0.05) is 30.5 Å². The molecule has 0 bridgehead atoms. The molecule has 5 nitrogen and oxygen atoms in total. The normalized spacial score (nSPS) is 22.5. The SMILES string of the molecule is O=C(NC1CCc2cc(Cl)ccc21)C1CCCN(c2ncccn2)C1. The van der Waals surface area contributed by atoms with Crippen LogP contribution in [0, 0.1) is 5.92 Å². The van der Waals surface area contributed by atoms with Gasteiger partial charge in [0.05, 0.1) is 12.0 Å². The van der Waals surface area contributed by atoms with E-state index in [1.807, 2.05) is 18.2 Å². The molecule has 1 aromatic carbocycles. The van der Waals surface area contributed by atoms with E-state index in [0.717, 1.165) is 37.3 Å². The van der Waals surface area contributed by atoms with Gasteiger partial charge in [-0.15, -0.1) is 0 Å². The number of hydrogen-bond donors (Lipinski definition) is 1. The van der Waals surface area contributed by atoms with Gasteiger partial charge in [0.2, 0.25) is 11.9 Å². The van der Waals surface area contributed by atoms with Crippen molar-refractivity contribution in [3.8, 4) is 0 Å². The number of nitrogens with zero attached hydrogens (tertiary/aromatic N) is 3. The number of piperidine rings is 1. The lowest BCUT2D eigenvalue weighted by molar-refractivity contribution is -0.126. The first-order valence-corrected chi connectivity index (χ1v) is 9.19. The Bertz CT molecular complexity index is 767. The van der Waals surface area contributed by atoms with Crippen molar-refractivity contribution in [2.75, 3.05) is 18.0 Å². The van der Waals surface area contributed by atoms with Crippen molar-refractivity contribution < 1.29 is 4.79 Å². The van der Waals surface area contributed by atoms with Crippen LogP contribution in [0.3, 0.4) is 0 Å². The Labute approximate surface area is 152 Å². The summed E-state index contributed by atoms with van der Waals surface area (Å²) in [5.74, 6) is 0.822. The molecule has 6 heteroatoms. The number of halogens is 1. The summed E-state index contributed by atoms with van der Waals surface area (Å²) in [4.78, 5) is 23.5. The molecule has 1 aliphatic carbocycles. The summed E-state index contributed by atoms with van der Waals surface area (Å²) in [5, 5.41) is 4.01. The molecule has 1 saturated heterocycles. The summed E-state index contributed by atoms with van der Waals surface area (Å²) in [6, 6.07) is 7.86. The minimum absolute atomic E-state index is 0.0195. The Morgan fingerprint density at radius 3 is 2.92 bits per heavy atom. The fourth-order valence-electron chi connectivity index (χ4n) is 3.85. The second-order valence-electron chi connectivity index (χ2n) is 6.78. The van der Waals surface area contributed by atoms with Crippen molar-refractivity contribution in [1.29, 1.82) is 0 Å². The second kappa shape index (κ2) is 7.00. The quantitative estimate of drug-likeness (QED) is 0.917. The number of fused-ring (bicyclic) bond motifs is 1. The maximum Gasteiger partial charge on any atom is 0.225 e. The van der Waals surface area contributed by atoms with Gasteiger partial charge < -0.3 is 10.2 Å². The molecule has 1 N–H and O–H groups in total. The lowest BCUT2D eigenvalue weighted by atomic mass is 9.96. The summed E-state index contributed by atoms with van der Waals surface area (Å²) >= 11 is 6.07. The third kappa shape index (κ3) is 3.47. The van der Waals surface area contributed by atoms with Crippen molar-refractivity contribution in [3.05, 3.63) is 52.8 Å². The predicted octanol–water partition coefficient (Wildman–Crippen LogP) is 3.15. The minimum atomic E-state index is -0.0195. The molecule has 2 heterocycles. The van der Waals surface area contributed by atoms with Crippen LogP contribution in [0.4, 0.5) is 5.95 Å².